The van der Waals surface area contributed by atoms with Crippen molar-refractivity contribution in [3.8, 4) is 0 Å². The maximum Gasteiger partial charge on any atom is 0.393 e. The van der Waals surface area contributed by atoms with Gasteiger partial charge in [0.1, 0.15) is 0 Å². The number of carbonyl (C=O) groups excluding carboxylic acids is 1. The molecule has 0 aromatic heterocycles. The lowest BCUT2D eigenvalue weighted by molar-refractivity contribution is -0.184. The second kappa shape index (κ2) is 5.98. The number of rotatable bonds is 2. The second-order valence-corrected chi connectivity index (χ2v) is 5.52. The van der Waals surface area contributed by atoms with E-state index in [2.05, 4.69) is 0 Å². The van der Waals surface area contributed by atoms with E-state index < -0.39 is 24.0 Å². The van der Waals surface area contributed by atoms with Crippen molar-refractivity contribution in [1.29, 1.82) is 0 Å². The van der Waals surface area contributed by atoms with Crippen molar-refractivity contribution in [1.82, 2.24) is 4.90 Å². The number of halogens is 3. The highest BCUT2D eigenvalue weighted by Gasteiger charge is 2.42. The van der Waals surface area contributed by atoms with Crippen molar-refractivity contribution in [3.63, 3.8) is 0 Å². The fraction of sp³-hybridized carbons (Fsp3) is 0.467. The Morgan fingerprint density at radius 1 is 1.23 bits per heavy atom. The number of hydrogen-bond acceptors (Lipinski definition) is 2. The Bertz CT molecular complexity index is 598. The third-order valence-corrected chi connectivity index (χ3v) is 3.74. The van der Waals surface area contributed by atoms with Gasteiger partial charge in [-0.15, -0.1) is 0 Å². The van der Waals surface area contributed by atoms with E-state index in [1.807, 2.05) is 0 Å². The Balaban J connectivity index is 2.22. The lowest BCUT2D eigenvalue weighted by atomic mass is 9.96. The quantitative estimate of drug-likeness (QED) is 0.912. The number of aryl methyl sites for hydroxylation is 1. The first-order valence-corrected chi connectivity index (χ1v) is 6.89. The number of likely N-dealkylation sites (tertiary alicyclic amines) is 1. The molecule has 1 fully saturated rings. The lowest BCUT2D eigenvalue weighted by Gasteiger charge is -2.33. The van der Waals surface area contributed by atoms with Crippen molar-refractivity contribution >= 4 is 11.9 Å². The van der Waals surface area contributed by atoms with E-state index in [1.54, 1.807) is 6.92 Å². The van der Waals surface area contributed by atoms with Crippen LogP contribution >= 0.6 is 0 Å². The van der Waals surface area contributed by atoms with Gasteiger partial charge in [-0.05, 0) is 43.5 Å². The van der Waals surface area contributed by atoms with E-state index in [0.29, 0.717) is 5.56 Å². The van der Waals surface area contributed by atoms with Gasteiger partial charge in [0.15, 0.2) is 0 Å². The molecule has 0 spiro atoms. The fourth-order valence-electron chi connectivity index (χ4n) is 2.64. The summed E-state index contributed by atoms with van der Waals surface area (Å²) in [6.07, 6.45) is -4.02. The molecule has 1 N–H and O–H groups in total. The number of alkyl halides is 3. The number of amides is 1. The zero-order valence-corrected chi connectivity index (χ0v) is 12.0. The first kappa shape index (κ1) is 16.3. The highest BCUT2D eigenvalue weighted by atomic mass is 19.4. The molecule has 1 aromatic rings. The summed E-state index contributed by atoms with van der Waals surface area (Å²) in [6.45, 7) is 1.51. The Morgan fingerprint density at radius 2 is 1.86 bits per heavy atom. The van der Waals surface area contributed by atoms with Crippen molar-refractivity contribution < 1.29 is 27.9 Å². The molecule has 1 heterocycles. The van der Waals surface area contributed by atoms with Crippen LogP contribution < -0.4 is 0 Å². The molecule has 1 saturated heterocycles. The highest BCUT2D eigenvalue weighted by molar-refractivity contribution is 5.97. The van der Waals surface area contributed by atoms with E-state index in [0.717, 1.165) is 4.90 Å². The summed E-state index contributed by atoms with van der Waals surface area (Å²) in [6, 6.07) is 4.11. The van der Waals surface area contributed by atoms with Crippen LogP contribution in [0.15, 0.2) is 18.2 Å². The van der Waals surface area contributed by atoms with Crippen LogP contribution in [-0.4, -0.2) is 41.1 Å². The number of nitrogens with zero attached hydrogens (tertiary/aromatic N) is 1. The van der Waals surface area contributed by atoms with Crippen LogP contribution in [0.1, 0.15) is 39.1 Å². The van der Waals surface area contributed by atoms with E-state index in [-0.39, 0.29) is 37.1 Å². The summed E-state index contributed by atoms with van der Waals surface area (Å²) >= 11 is 0. The van der Waals surface area contributed by atoms with Gasteiger partial charge in [0.05, 0.1) is 11.5 Å². The number of aromatic carboxylic acids is 1. The minimum Gasteiger partial charge on any atom is -0.478 e. The number of carboxylic acids is 1. The molecule has 1 amide bonds. The molecule has 0 aliphatic carbocycles. The van der Waals surface area contributed by atoms with E-state index >= 15 is 0 Å². The molecule has 1 aromatic carbocycles. The van der Waals surface area contributed by atoms with Crippen molar-refractivity contribution in [2.24, 2.45) is 5.92 Å². The van der Waals surface area contributed by atoms with E-state index in [9.17, 15) is 22.8 Å². The molecule has 1 aliphatic rings. The number of hydrogen-bond donors (Lipinski definition) is 1. The van der Waals surface area contributed by atoms with Crippen LogP contribution in [0, 0.1) is 12.8 Å². The van der Waals surface area contributed by atoms with Crippen LogP contribution in [0.2, 0.25) is 0 Å². The summed E-state index contributed by atoms with van der Waals surface area (Å²) in [5.41, 5.74) is 0.639. The van der Waals surface area contributed by atoms with Gasteiger partial charge in [-0.1, -0.05) is 0 Å². The summed E-state index contributed by atoms with van der Waals surface area (Å²) < 4.78 is 38.4. The van der Waals surface area contributed by atoms with Gasteiger partial charge in [-0.2, -0.15) is 13.2 Å². The SMILES string of the molecule is Cc1cc(C(=O)O)cc(C(=O)N2CCCC(C(F)(F)F)C2)c1. The molecule has 1 unspecified atom stereocenters. The van der Waals surface area contributed by atoms with Gasteiger partial charge in [0, 0.05) is 18.7 Å². The van der Waals surface area contributed by atoms with Crippen LogP contribution in [0.25, 0.3) is 0 Å². The van der Waals surface area contributed by atoms with Crippen molar-refractivity contribution in [2.45, 2.75) is 25.9 Å². The van der Waals surface area contributed by atoms with Gasteiger partial charge in [0.25, 0.3) is 5.91 Å². The summed E-state index contributed by atoms with van der Waals surface area (Å²) in [7, 11) is 0. The van der Waals surface area contributed by atoms with Crippen LogP contribution in [0.3, 0.4) is 0 Å². The Labute approximate surface area is 125 Å². The molecule has 0 radical (unpaired) electrons. The Morgan fingerprint density at radius 3 is 2.45 bits per heavy atom. The average molecular weight is 315 g/mol. The summed E-state index contributed by atoms with van der Waals surface area (Å²) in [5, 5.41) is 9.00. The van der Waals surface area contributed by atoms with Crippen molar-refractivity contribution in [3.05, 3.63) is 34.9 Å². The second-order valence-electron chi connectivity index (χ2n) is 5.52. The minimum atomic E-state index is -4.32. The topological polar surface area (TPSA) is 57.6 Å². The largest absolute Gasteiger partial charge is 0.478 e. The van der Waals surface area contributed by atoms with E-state index in [1.165, 1.54) is 18.2 Å². The van der Waals surface area contributed by atoms with Crippen molar-refractivity contribution in [2.75, 3.05) is 13.1 Å². The Kier molecular flexibility index (Phi) is 4.44. The molecule has 22 heavy (non-hydrogen) atoms. The molecule has 0 saturated carbocycles. The fourth-order valence-corrected chi connectivity index (χ4v) is 2.64. The molecule has 1 aliphatic heterocycles. The molecule has 4 nitrogen and oxygen atoms in total. The van der Waals surface area contributed by atoms with Gasteiger partial charge in [-0.25, -0.2) is 4.79 Å². The predicted octanol–water partition coefficient (Wildman–Crippen LogP) is 3.11. The monoisotopic (exact) mass is 315 g/mol. The number of carboxylic acid groups (broad SMARTS) is 1. The first-order chi connectivity index (χ1) is 10.2. The zero-order chi connectivity index (χ0) is 16.5. The number of carbonyl (C=O) groups is 2. The summed E-state index contributed by atoms with van der Waals surface area (Å²) in [4.78, 5) is 24.5. The van der Waals surface area contributed by atoms with Crippen LogP contribution in [0.4, 0.5) is 13.2 Å². The van der Waals surface area contributed by atoms with E-state index in [4.69, 9.17) is 5.11 Å². The third-order valence-electron chi connectivity index (χ3n) is 3.74. The molecule has 120 valence electrons. The minimum absolute atomic E-state index is 0.0154. The predicted molar refractivity (Wildman–Crippen MR) is 72.8 cm³/mol. The maximum atomic E-state index is 12.8. The van der Waals surface area contributed by atoms with Crippen LogP contribution in [-0.2, 0) is 0 Å². The molecular weight excluding hydrogens is 299 g/mol. The normalized spacial score (nSPS) is 19.1. The number of benzene rings is 1. The van der Waals surface area contributed by atoms with Crippen LogP contribution in [0.5, 0.6) is 0 Å². The summed E-state index contributed by atoms with van der Waals surface area (Å²) in [5.74, 6) is -3.25. The highest BCUT2D eigenvalue weighted by Crippen LogP contribution is 2.33. The maximum absolute atomic E-state index is 12.8. The molecule has 7 heteroatoms. The molecule has 0 bridgehead atoms. The zero-order valence-electron chi connectivity index (χ0n) is 12.0. The smallest absolute Gasteiger partial charge is 0.393 e. The number of piperidine rings is 1. The average Bonchev–Trinajstić information content (AvgIpc) is 2.45. The van der Waals surface area contributed by atoms with Gasteiger partial charge in [0.2, 0.25) is 0 Å². The lowest BCUT2D eigenvalue weighted by Crippen LogP contribution is -2.44. The molecule has 1 atom stereocenters. The Hall–Kier alpha value is -2.05. The first-order valence-electron chi connectivity index (χ1n) is 6.89. The standard InChI is InChI=1S/C15H16F3NO3/c1-9-5-10(7-11(6-9)14(21)22)13(20)19-4-2-3-12(8-19)15(16,17)18/h5-7,12H,2-4,8H2,1H3,(H,21,22). The van der Waals surface area contributed by atoms with Gasteiger partial charge < -0.3 is 10.0 Å². The van der Waals surface area contributed by atoms with Gasteiger partial charge in [-0.3, -0.25) is 4.79 Å². The van der Waals surface area contributed by atoms with Gasteiger partial charge >= 0.3 is 12.1 Å². The third kappa shape index (κ3) is 3.58. The molecule has 2 rings (SSSR count). The molecular formula is C15H16F3NO3.